The van der Waals surface area contributed by atoms with Crippen LogP contribution in [0.5, 0.6) is 0 Å². The van der Waals surface area contributed by atoms with Gasteiger partial charge in [-0.05, 0) is 50.4 Å². The number of carbonyl (C=O) groups is 1. The number of hydrogen-bond donors (Lipinski definition) is 2. The minimum atomic E-state index is -0.0212. The van der Waals surface area contributed by atoms with Crippen molar-refractivity contribution in [1.29, 1.82) is 0 Å². The van der Waals surface area contributed by atoms with Crippen LogP contribution in [-0.4, -0.2) is 30.5 Å². The van der Waals surface area contributed by atoms with Crippen LogP contribution in [0.4, 0.5) is 0 Å². The van der Waals surface area contributed by atoms with Crippen molar-refractivity contribution in [3.63, 3.8) is 0 Å². The van der Waals surface area contributed by atoms with Crippen molar-refractivity contribution in [2.75, 3.05) is 19.6 Å². The van der Waals surface area contributed by atoms with Crippen LogP contribution in [0.2, 0.25) is 0 Å². The summed E-state index contributed by atoms with van der Waals surface area (Å²) in [5.74, 6) is 1.62. The fourth-order valence-corrected chi connectivity index (χ4v) is 2.83. The van der Waals surface area contributed by atoms with Gasteiger partial charge in [-0.25, -0.2) is 4.98 Å². The van der Waals surface area contributed by atoms with Gasteiger partial charge in [0.15, 0.2) is 5.76 Å². The van der Waals surface area contributed by atoms with Crippen molar-refractivity contribution < 1.29 is 13.6 Å². The quantitative estimate of drug-likeness (QED) is 0.884. The molecule has 0 spiro atoms. The monoisotopic (exact) mass is 317 g/mol. The number of rotatable bonds is 5. The number of nitrogens with zero attached hydrogens (tertiary/aromatic N) is 1. The zero-order valence-corrected chi connectivity index (χ0v) is 13.6. The van der Waals surface area contributed by atoms with Gasteiger partial charge in [0, 0.05) is 6.54 Å². The van der Waals surface area contributed by atoms with E-state index in [9.17, 15) is 4.79 Å². The van der Waals surface area contributed by atoms with Gasteiger partial charge in [0.2, 0.25) is 5.91 Å². The molecule has 6 heteroatoms. The molecule has 3 heterocycles. The molecular formula is C17H23N3O3. The van der Waals surface area contributed by atoms with Crippen LogP contribution in [0.1, 0.15) is 31.2 Å². The molecule has 6 nitrogen and oxygen atoms in total. The van der Waals surface area contributed by atoms with Gasteiger partial charge >= 0.3 is 0 Å². The number of oxazole rings is 1. The lowest BCUT2D eigenvalue weighted by atomic mass is 9.81. The summed E-state index contributed by atoms with van der Waals surface area (Å²) in [5, 5.41) is 6.39. The van der Waals surface area contributed by atoms with Gasteiger partial charge < -0.3 is 19.5 Å². The van der Waals surface area contributed by atoms with Crippen LogP contribution < -0.4 is 10.6 Å². The summed E-state index contributed by atoms with van der Waals surface area (Å²) in [5.41, 5.74) is 0.836. The van der Waals surface area contributed by atoms with E-state index in [4.69, 9.17) is 8.83 Å². The highest BCUT2D eigenvalue weighted by atomic mass is 16.4. The third-order valence-corrected chi connectivity index (χ3v) is 4.48. The van der Waals surface area contributed by atoms with Gasteiger partial charge in [0.05, 0.1) is 18.4 Å². The Morgan fingerprint density at radius 3 is 2.91 bits per heavy atom. The number of aromatic nitrogens is 1. The van der Waals surface area contributed by atoms with E-state index < -0.39 is 0 Å². The van der Waals surface area contributed by atoms with Crippen molar-refractivity contribution >= 4 is 5.91 Å². The van der Waals surface area contributed by atoms with Crippen LogP contribution in [0.25, 0.3) is 11.7 Å². The molecule has 0 radical (unpaired) electrons. The number of piperidine rings is 1. The lowest BCUT2D eigenvalue weighted by Gasteiger charge is -2.34. The Bertz CT molecular complexity index is 655. The van der Waals surface area contributed by atoms with E-state index >= 15 is 0 Å². The predicted octanol–water partition coefficient (Wildman–Crippen LogP) is 2.29. The number of nitrogens with one attached hydrogen (secondary N) is 2. The molecule has 2 N–H and O–H groups in total. The molecule has 0 saturated carbocycles. The molecule has 2 aromatic rings. The number of furan rings is 1. The SMILES string of the molecule is Cc1oc(-c2ccco2)nc1CC(=O)NCC1(C)CCNCC1. The van der Waals surface area contributed by atoms with Crippen molar-refractivity contribution in [2.24, 2.45) is 5.41 Å². The Hall–Kier alpha value is -2.08. The molecule has 23 heavy (non-hydrogen) atoms. The molecule has 0 atom stereocenters. The molecule has 124 valence electrons. The second-order valence-electron chi connectivity index (χ2n) is 6.51. The van der Waals surface area contributed by atoms with E-state index in [0.717, 1.165) is 25.9 Å². The number of carbonyl (C=O) groups excluding carboxylic acids is 1. The number of aryl methyl sites for hydroxylation is 1. The maximum absolute atomic E-state index is 12.2. The van der Waals surface area contributed by atoms with E-state index in [1.165, 1.54) is 0 Å². The molecule has 1 aliphatic heterocycles. The summed E-state index contributed by atoms with van der Waals surface area (Å²) in [7, 11) is 0. The molecule has 0 unspecified atom stereocenters. The normalized spacial score (nSPS) is 17.1. The predicted molar refractivity (Wildman–Crippen MR) is 85.9 cm³/mol. The van der Waals surface area contributed by atoms with Crippen LogP contribution in [-0.2, 0) is 11.2 Å². The first-order valence-corrected chi connectivity index (χ1v) is 8.03. The summed E-state index contributed by atoms with van der Waals surface area (Å²) in [4.78, 5) is 16.6. The Kier molecular flexibility index (Phi) is 4.52. The first-order valence-electron chi connectivity index (χ1n) is 8.03. The van der Waals surface area contributed by atoms with Gasteiger partial charge in [-0.3, -0.25) is 4.79 Å². The fraction of sp³-hybridized carbons (Fsp3) is 0.529. The smallest absolute Gasteiger partial charge is 0.263 e. The highest BCUT2D eigenvalue weighted by molar-refractivity contribution is 5.78. The highest BCUT2D eigenvalue weighted by Gasteiger charge is 2.27. The lowest BCUT2D eigenvalue weighted by molar-refractivity contribution is -0.121. The summed E-state index contributed by atoms with van der Waals surface area (Å²) in [6.45, 7) is 6.78. The van der Waals surface area contributed by atoms with E-state index in [1.807, 2.05) is 6.92 Å². The summed E-state index contributed by atoms with van der Waals surface area (Å²) >= 11 is 0. The van der Waals surface area contributed by atoms with Gasteiger partial charge in [0.1, 0.15) is 5.76 Å². The summed E-state index contributed by atoms with van der Waals surface area (Å²) in [6.07, 6.45) is 3.96. The fourth-order valence-electron chi connectivity index (χ4n) is 2.83. The van der Waals surface area contributed by atoms with Crippen LogP contribution >= 0.6 is 0 Å². The van der Waals surface area contributed by atoms with Crippen molar-refractivity contribution in [2.45, 2.75) is 33.1 Å². The first-order chi connectivity index (χ1) is 11.1. The van der Waals surface area contributed by atoms with Crippen molar-refractivity contribution in [3.8, 4) is 11.7 Å². The van der Waals surface area contributed by atoms with Crippen LogP contribution in [0.3, 0.4) is 0 Å². The Morgan fingerprint density at radius 1 is 1.43 bits per heavy atom. The molecule has 1 aliphatic rings. The number of hydrogen-bond acceptors (Lipinski definition) is 5. The average Bonchev–Trinajstić information content (AvgIpc) is 3.17. The average molecular weight is 317 g/mol. The molecule has 0 aliphatic carbocycles. The highest BCUT2D eigenvalue weighted by Crippen LogP contribution is 2.27. The number of amides is 1. The maximum Gasteiger partial charge on any atom is 0.263 e. The Balaban J connectivity index is 1.57. The minimum absolute atomic E-state index is 0.0212. The van der Waals surface area contributed by atoms with Gasteiger partial charge in [-0.2, -0.15) is 0 Å². The van der Waals surface area contributed by atoms with Crippen LogP contribution in [0.15, 0.2) is 27.2 Å². The Morgan fingerprint density at radius 2 is 2.22 bits per heavy atom. The molecule has 1 fully saturated rings. The minimum Gasteiger partial charge on any atom is -0.459 e. The lowest BCUT2D eigenvalue weighted by Crippen LogP contribution is -2.43. The molecule has 1 amide bonds. The van der Waals surface area contributed by atoms with E-state index in [0.29, 0.717) is 29.6 Å². The zero-order chi connectivity index (χ0) is 16.3. The maximum atomic E-state index is 12.2. The van der Waals surface area contributed by atoms with Crippen molar-refractivity contribution in [1.82, 2.24) is 15.6 Å². The van der Waals surface area contributed by atoms with Gasteiger partial charge in [-0.1, -0.05) is 6.92 Å². The molecule has 0 aromatic carbocycles. The third-order valence-electron chi connectivity index (χ3n) is 4.48. The zero-order valence-electron chi connectivity index (χ0n) is 13.6. The molecular weight excluding hydrogens is 294 g/mol. The van der Waals surface area contributed by atoms with Crippen molar-refractivity contribution in [3.05, 3.63) is 29.9 Å². The summed E-state index contributed by atoms with van der Waals surface area (Å²) < 4.78 is 10.9. The standard InChI is InChI=1S/C17H23N3O3/c1-12-13(20-16(23-12)14-4-3-9-22-14)10-15(21)19-11-17(2)5-7-18-8-6-17/h3-4,9,18H,5-8,10-11H2,1-2H3,(H,19,21). The van der Waals surface area contributed by atoms with Gasteiger partial charge in [-0.15, -0.1) is 0 Å². The van der Waals surface area contributed by atoms with Crippen LogP contribution in [0, 0.1) is 12.3 Å². The first kappa shape index (κ1) is 15.8. The second-order valence-corrected chi connectivity index (χ2v) is 6.51. The topological polar surface area (TPSA) is 80.3 Å². The molecule has 3 rings (SSSR count). The van der Waals surface area contributed by atoms with E-state index in [2.05, 4.69) is 22.5 Å². The van der Waals surface area contributed by atoms with E-state index in [1.54, 1.807) is 18.4 Å². The molecule has 2 aromatic heterocycles. The third kappa shape index (κ3) is 3.82. The molecule has 1 saturated heterocycles. The van der Waals surface area contributed by atoms with E-state index in [-0.39, 0.29) is 17.7 Å². The summed E-state index contributed by atoms with van der Waals surface area (Å²) in [6, 6.07) is 3.56. The van der Waals surface area contributed by atoms with Gasteiger partial charge in [0.25, 0.3) is 5.89 Å². The Labute approximate surface area is 135 Å². The largest absolute Gasteiger partial charge is 0.459 e. The second kappa shape index (κ2) is 6.58. The molecule has 0 bridgehead atoms.